The molecule has 15 heavy (non-hydrogen) atoms. The van der Waals surface area contributed by atoms with Crippen molar-refractivity contribution in [1.82, 2.24) is 10.0 Å². The molecule has 0 saturated heterocycles. The van der Waals surface area contributed by atoms with Gasteiger partial charge in [0.05, 0.1) is 7.11 Å². The fraction of sp³-hybridized carbons (Fsp3) is 0.455. The quantitative estimate of drug-likeness (QED) is 0.698. The average molecular weight is 206 g/mol. The summed E-state index contributed by atoms with van der Waals surface area (Å²) in [5.41, 5.74) is 1.00. The summed E-state index contributed by atoms with van der Waals surface area (Å²) in [6.07, 6.45) is 2.64. The molecular weight excluding hydrogens is 192 g/mol. The fourth-order valence-corrected chi connectivity index (χ4v) is 1.71. The summed E-state index contributed by atoms with van der Waals surface area (Å²) < 4.78 is 0. The van der Waals surface area contributed by atoms with Gasteiger partial charge >= 0.3 is 0 Å². The van der Waals surface area contributed by atoms with E-state index in [1.54, 1.807) is 13.2 Å². The largest absolute Gasteiger partial charge is 0.275 e. The number of nitrogens with zero attached hydrogens (tertiary/aromatic N) is 2. The monoisotopic (exact) mass is 206 g/mol. The summed E-state index contributed by atoms with van der Waals surface area (Å²) >= 11 is 0. The SMILES string of the molecule is CON(C)C(=O)[C@@H]1C[C@H]1c1ccccn1. The smallest absolute Gasteiger partial charge is 0.249 e. The van der Waals surface area contributed by atoms with Crippen LogP contribution >= 0.6 is 0 Å². The summed E-state index contributed by atoms with van der Waals surface area (Å²) in [6, 6.07) is 5.79. The van der Waals surface area contributed by atoms with Gasteiger partial charge < -0.3 is 0 Å². The highest BCUT2D eigenvalue weighted by Gasteiger charge is 2.46. The van der Waals surface area contributed by atoms with Gasteiger partial charge in [-0.3, -0.25) is 14.6 Å². The zero-order chi connectivity index (χ0) is 10.8. The van der Waals surface area contributed by atoms with Gasteiger partial charge in [0.15, 0.2) is 0 Å². The lowest BCUT2D eigenvalue weighted by molar-refractivity contribution is -0.170. The van der Waals surface area contributed by atoms with Crippen molar-refractivity contribution in [3.63, 3.8) is 0 Å². The minimum Gasteiger partial charge on any atom is -0.275 e. The highest BCUT2D eigenvalue weighted by atomic mass is 16.7. The van der Waals surface area contributed by atoms with E-state index in [1.165, 1.54) is 12.2 Å². The van der Waals surface area contributed by atoms with Crippen LogP contribution in [0.4, 0.5) is 0 Å². The van der Waals surface area contributed by atoms with Crippen LogP contribution in [0.1, 0.15) is 18.0 Å². The van der Waals surface area contributed by atoms with Gasteiger partial charge in [-0.05, 0) is 18.6 Å². The molecule has 2 rings (SSSR count). The molecule has 4 heteroatoms. The van der Waals surface area contributed by atoms with E-state index in [2.05, 4.69) is 4.98 Å². The van der Waals surface area contributed by atoms with Crippen LogP contribution in [0.2, 0.25) is 0 Å². The standard InChI is InChI=1S/C11H14N2O2/c1-13(15-2)11(14)9-7-8(9)10-5-3-4-6-12-10/h3-6,8-9H,7H2,1-2H3/t8-,9-/m1/s1. The number of rotatable bonds is 3. The van der Waals surface area contributed by atoms with E-state index in [1.807, 2.05) is 18.2 Å². The van der Waals surface area contributed by atoms with Crippen LogP contribution in [0.5, 0.6) is 0 Å². The Labute approximate surface area is 88.8 Å². The molecule has 1 aliphatic rings. The Bertz CT molecular complexity index is 353. The molecule has 1 fully saturated rings. The van der Waals surface area contributed by atoms with E-state index in [0.29, 0.717) is 0 Å². The number of aromatic nitrogens is 1. The van der Waals surface area contributed by atoms with Crippen molar-refractivity contribution in [3.05, 3.63) is 30.1 Å². The van der Waals surface area contributed by atoms with Crippen molar-refractivity contribution in [1.29, 1.82) is 0 Å². The molecule has 1 aromatic rings. The normalized spacial score (nSPS) is 23.6. The van der Waals surface area contributed by atoms with E-state index >= 15 is 0 Å². The Kier molecular flexibility index (Phi) is 2.68. The van der Waals surface area contributed by atoms with Gasteiger partial charge in [-0.25, -0.2) is 5.06 Å². The topological polar surface area (TPSA) is 42.4 Å². The first-order chi connectivity index (χ1) is 7.24. The molecule has 1 heterocycles. The van der Waals surface area contributed by atoms with Crippen LogP contribution in [-0.4, -0.2) is 30.1 Å². The van der Waals surface area contributed by atoms with Gasteiger partial charge in [-0.15, -0.1) is 0 Å². The molecule has 2 atom stereocenters. The summed E-state index contributed by atoms with van der Waals surface area (Å²) in [4.78, 5) is 20.8. The Balaban J connectivity index is 2.00. The fourth-order valence-electron chi connectivity index (χ4n) is 1.71. The first-order valence-corrected chi connectivity index (χ1v) is 4.96. The van der Waals surface area contributed by atoms with Crippen molar-refractivity contribution in [2.45, 2.75) is 12.3 Å². The molecule has 0 aromatic carbocycles. The van der Waals surface area contributed by atoms with Crippen molar-refractivity contribution < 1.29 is 9.63 Å². The number of hydrogen-bond acceptors (Lipinski definition) is 3. The zero-order valence-corrected chi connectivity index (χ0v) is 8.88. The summed E-state index contributed by atoms with van der Waals surface area (Å²) in [7, 11) is 3.13. The Morgan fingerprint density at radius 2 is 2.40 bits per heavy atom. The van der Waals surface area contributed by atoms with Crippen LogP contribution in [0.25, 0.3) is 0 Å². The lowest BCUT2D eigenvalue weighted by Crippen LogP contribution is -2.27. The molecule has 1 aromatic heterocycles. The average Bonchev–Trinajstić information content (AvgIpc) is 3.08. The number of hydrogen-bond donors (Lipinski definition) is 0. The molecule has 80 valence electrons. The summed E-state index contributed by atoms with van der Waals surface area (Å²) in [6.45, 7) is 0. The Morgan fingerprint density at radius 3 is 3.00 bits per heavy atom. The molecule has 0 unspecified atom stereocenters. The predicted octanol–water partition coefficient (Wildman–Crippen LogP) is 1.20. The van der Waals surface area contributed by atoms with E-state index in [-0.39, 0.29) is 17.7 Å². The lowest BCUT2D eigenvalue weighted by atomic mass is 10.2. The van der Waals surface area contributed by atoms with Gasteiger partial charge in [-0.1, -0.05) is 6.07 Å². The zero-order valence-electron chi connectivity index (χ0n) is 8.88. The van der Waals surface area contributed by atoms with E-state index < -0.39 is 0 Å². The molecule has 4 nitrogen and oxygen atoms in total. The number of pyridine rings is 1. The molecule has 1 saturated carbocycles. The van der Waals surface area contributed by atoms with Crippen LogP contribution < -0.4 is 0 Å². The van der Waals surface area contributed by atoms with E-state index in [9.17, 15) is 4.79 Å². The van der Waals surface area contributed by atoms with Gasteiger partial charge in [0, 0.05) is 30.8 Å². The van der Waals surface area contributed by atoms with Crippen LogP contribution in [0.15, 0.2) is 24.4 Å². The minimum absolute atomic E-state index is 0.0353. The molecule has 0 N–H and O–H groups in total. The predicted molar refractivity (Wildman–Crippen MR) is 54.9 cm³/mol. The second-order valence-corrected chi connectivity index (χ2v) is 3.72. The first-order valence-electron chi connectivity index (χ1n) is 4.96. The summed E-state index contributed by atoms with van der Waals surface area (Å²) in [5, 5.41) is 1.29. The van der Waals surface area contributed by atoms with Gasteiger partial charge in [-0.2, -0.15) is 0 Å². The Hall–Kier alpha value is -1.42. The number of amides is 1. The maximum atomic E-state index is 11.7. The van der Waals surface area contributed by atoms with Crippen molar-refractivity contribution >= 4 is 5.91 Å². The minimum atomic E-state index is 0.0353. The Morgan fingerprint density at radius 1 is 1.60 bits per heavy atom. The molecule has 0 spiro atoms. The molecule has 0 aliphatic heterocycles. The van der Waals surface area contributed by atoms with Crippen LogP contribution in [0.3, 0.4) is 0 Å². The molecule has 0 bridgehead atoms. The van der Waals surface area contributed by atoms with Crippen molar-refractivity contribution in [2.75, 3.05) is 14.2 Å². The maximum Gasteiger partial charge on any atom is 0.249 e. The van der Waals surface area contributed by atoms with Crippen LogP contribution in [-0.2, 0) is 9.63 Å². The second kappa shape index (κ2) is 3.98. The molecule has 1 aliphatic carbocycles. The number of hydroxylamine groups is 2. The molecule has 1 amide bonds. The highest BCUT2D eigenvalue weighted by Crippen LogP contribution is 2.47. The molecule has 0 radical (unpaired) electrons. The lowest BCUT2D eigenvalue weighted by Gasteiger charge is -2.12. The number of carbonyl (C=O) groups is 1. The van der Waals surface area contributed by atoms with Gasteiger partial charge in [0.1, 0.15) is 0 Å². The third-order valence-corrected chi connectivity index (χ3v) is 2.76. The van der Waals surface area contributed by atoms with E-state index in [4.69, 9.17) is 4.84 Å². The van der Waals surface area contributed by atoms with Crippen molar-refractivity contribution in [3.8, 4) is 0 Å². The van der Waals surface area contributed by atoms with Crippen molar-refractivity contribution in [2.24, 2.45) is 5.92 Å². The highest BCUT2D eigenvalue weighted by molar-refractivity contribution is 5.81. The maximum absolute atomic E-state index is 11.7. The van der Waals surface area contributed by atoms with E-state index in [0.717, 1.165) is 12.1 Å². The van der Waals surface area contributed by atoms with Gasteiger partial charge in [0.25, 0.3) is 0 Å². The van der Waals surface area contributed by atoms with Crippen LogP contribution in [0, 0.1) is 5.92 Å². The second-order valence-electron chi connectivity index (χ2n) is 3.72. The number of carbonyl (C=O) groups excluding carboxylic acids is 1. The molecular formula is C11H14N2O2. The first kappa shape index (κ1) is 10.1. The third kappa shape index (κ3) is 1.99. The third-order valence-electron chi connectivity index (χ3n) is 2.76. The summed E-state index contributed by atoms with van der Waals surface area (Å²) in [5.74, 6) is 0.356. The van der Waals surface area contributed by atoms with Gasteiger partial charge in [0.2, 0.25) is 5.91 Å².